The van der Waals surface area contributed by atoms with Crippen LogP contribution in [0.5, 0.6) is 5.75 Å². The molecule has 118 valence electrons. The summed E-state index contributed by atoms with van der Waals surface area (Å²) in [4.78, 5) is 10.5. The lowest BCUT2D eigenvalue weighted by atomic mass is 10.1. The highest BCUT2D eigenvalue weighted by Crippen LogP contribution is 2.34. The summed E-state index contributed by atoms with van der Waals surface area (Å²) in [7, 11) is 1.70. The minimum Gasteiger partial charge on any atom is -0.497 e. The summed E-state index contributed by atoms with van der Waals surface area (Å²) >= 11 is 0. The molecule has 2 aromatic heterocycles. The van der Waals surface area contributed by atoms with E-state index in [0.29, 0.717) is 6.04 Å². The Labute approximate surface area is 136 Å². The van der Waals surface area contributed by atoms with E-state index in [2.05, 4.69) is 39.1 Å². The van der Waals surface area contributed by atoms with Crippen molar-refractivity contribution in [1.29, 1.82) is 0 Å². The van der Waals surface area contributed by atoms with Crippen LogP contribution in [-0.4, -0.2) is 28.5 Å². The number of aromatic amines is 1. The zero-order chi connectivity index (χ0) is 15.6. The van der Waals surface area contributed by atoms with Crippen LogP contribution in [0.1, 0.15) is 30.1 Å². The maximum absolute atomic E-state index is 5.24. The number of fused-ring (bicyclic) bond motifs is 1. The molecule has 0 bridgehead atoms. The molecule has 1 fully saturated rings. The fourth-order valence-corrected chi connectivity index (χ4v) is 3.49. The van der Waals surface area contributed by atoms with E-state index in [1.807, 2.05) is 24.4 Å². The highest BCUT2D eigenvalue weighted by atomic mass is 16.5. The van der Waals surface area contributed by atoms with Crippen molar-refractivity contribution in [2.24, 2.45) is 0 Å². The first-order valence-corrected chi connectivity index (χ1v) is 8.14. The first-order chi connectivity index (χ1) is 11.3. The second-order valence-electron chi connectivity index (χ2n) is 6.14. The van der Waals surface area contributed by atoms with E-state index in [0.717, 1.165) is 24.5 Å². The number of methoxy groups -OCH3 is 1. The molecule has 3 heterocycles. The predicted molar refractivity (Wildman–Crippen MR) is 91.5 cm³/mol. The van der Waals surface area contributed by atoms with E-state index in [1.165, 1.54) is 29.5 Å². The molecule has 1 aliphatic rings. The highest BCUT2D eigenvalue weighted by molar-refractivity contribution is 5.76. The van der Waals surface area contributed by atoms with Gasteiger partial charge in [0.15, 0.2) is 0 Å². The first-order valence-electron chi connectivity index (χ1n) is 8.14. The molecule has 1 aromatic carbocycles. The third-order valence-corrected chi connectivity index (χ3v) is 4.68. The number of hydrogen-bond acceptors (Lipinski definition) is 3. The van der Waals surface area contributed by atoms with Gasteiger partial charge in [-0.05, 0) is 55.3 Å². The average Bonchev–Trinajstić information content (AvgIpc) is 3.21. The zero-order valence-corrected chi connectivity index (χ0v) is 13.3. The summed E-state index contributed by atoms with van der Waals surface area (Å²) in [6.45, 7) is 2.11. The molecule has 0 aliphatic carbocycles. The smallest absolute Gasteiger partial charge is 0.137 e. The summed E-state index contributed by atoms with van der Waals surface area (Å²) in [6, 6.07) is 15.2. The number of benzene rings is 1. The van der Waals surface area contributed by atoms with Gasteiger partial charge in [0, 0.05) is 23.8 Å². The lowest BCUT2D eigenvalue weighted by Crippen LogP contribution is -2.22. The highest BCUT2D eigenvalue weighted by Gasteiger charge is 2.27. The van der Waals surface area contributed by atoms with Crippen LogP contribution in [0.25, 0.3) is 11.0 Å². The monoisotopic (exact) mass is 307 g/mol. The van der Waals surface area contributed by atoms with E-state index >= 15 is 0 Å². The topological polar surface area (TPSA) is 41.1 Å². The fourth-order valence-electron chi connectivity index (χ4n) is 3.49. The molecule has 1 aliphatic heterocycles. The fraction of sp³-hybridized carbons (Fsp3) is 0.316. The summed E-state index contributed by atoms with van der Waals surface area (Å²) in [5, 5.41) is 1.19. The second kappa shape index (κ2) is 6.05. The van der Waals surface area contributed by atoms with Crippen molar-refractivity contribution in [3.63, 3.8) is 0 Å². The van der Waals surface area contributed by atoms with Gasteiger partial charge < -0.3 is 9.72 Å². The molecule has 0 unspecified atom stereocenters. The summed E-state index contributed by atoms with van der Waals surface area (Å²) in [5.41, 5.74) is 3.59. The van der Waals surface area contributed by atoms with Gasteiger partial charge in [0.1, 0.15) is 11.4 Å². The maximum atomic E-state index is 5.24. The van der Waals surface area contributed by atoms with E-state index in [4.69, 9.17) is 4.74 Å². The van der Waals surface area contributed by atoms with Crippen LogP contribution in [0.4, 0.5) is 0 Å². The Morgan fingerprint density at radius 3 is 2.91 bits per heavy atom. The Bertz CT molecular complexity index is 761. The standard InChI is InChI=1S/C19H21N3O/c1-23-16-8-6-14(7-9-16)13-22-11-3-5-18(22)17-12-15-4-2-10-20-19(15)21-17/h2,4,6-10,12,18H,3,5,11,13H2,1H3,(H,20,21)/t18-/m1/s1. The molecule has 4 heteroatoms. The molecule has 0 radical (unpaired) electrons. The Balaban J connectivity index is 1.55. The van der Waals surface area contributed by atoms with Crippen LogP contribution >= 0.6 is 0 Å². The molecule has 4 rings (SSSR count). The molecule has 0 saturated carbocycles. The van der Waals surface area contributed by atoms with Gasteiger partial charge in [-0.2, -0.15) is 0 Å². The third-order valence-electron chi connectivity index (χ3n) is 4.68. The van der Waals surface area contributed by atoms with Crippen molar-refractivity contribution in [3.8, 4) is 5.75 Å². The molecular formula is C19H21N3O. The van der Waals surface area contributed by atoms with E-state index in [1.54, 1.807) is 7.11 Å². The molecule has 1 N–H and O–H groups in total. The number of hydrogen-bond donors (Lipinski definition) is 1. The molecule has 4 nitrogen and oxygen atoms in total. The van der Waals surface area contributed by atoms with Crippen LogP contribution in [0.3, 0.4) is 0 Å². The molecule has 3 aromatic rings. The second-order valence-corrected chi connectivity index (χ2v) is 6.14. The van der Waals surface area contributed by atoms with Crippen molar-refractivity contribution in [1.82, 2.24) is 14.9 Å². The third kappa shape index (κ3) is 2.82. The largest absolute Gasteiger partial charge is 0.497 e. The zero-order valence-electron chi connectivity index (χ0n) is 13.3. The number of nitrogens with one attached hydrogen (secondary N) is 1. The van der Waals surface area contributed by atoms with E-state index < -0.39 is 0 Å². The molecule has 0 amide bonds. The predicted octanol–water partition coefficient (Wildman–Crippen LogP) is 3.91. The summed E-state index contributed by atoms with van der Waals surface area (Å²) < 4.78 is 5.24. The Morgan fingerprint density at radius 2 is 2.13 bits per heavy atom. The van der Waals surface area contributed by atoms with Crippen LogP contribution in [0, 0.1) is 0 Å². The van der Waals surface area contributed by atoms with Crippen LogP contribution in [0.15, 0.2) is 48.7 Å². The van der Waals surface area contributed by atoms with Crippen LogP contribution in [-0.2, 0) is 6.54 Å². The lowest BCUT2D eigenvalue weighted by molar-refractivity contribution is 0.245. The van der Waals surface area contributed by atoms with Crippen LogP contribution < -0.4 is 4.74 Å². The first kappa shape index (κ1) is 14.3. The van der Waals surface area contributed by atoms with Crippen molar-refractivity contribution in [2.45, 2.75) is 25.4 Å². The lowest BCUT2D eigenvalue weighted by Gasteiger charge is -2.23. The average molecular weight is 307 g/mol. The molecule has 1 saturated heterocycles. The number of aromatic nitrogens is 2. The number of H-pyrrole nitrogens is 1. The molecule has 1 atom stereocenters. The SMILES string of the molecule is COc1ccc(CN2CCC[C@@H]2c2cc3cccnc3[nH]2)cc1. The molecule has 0 spiro atoms. The minimum absolute atomic E-state index is 0.450. The van der Waals surface area contributed by atoms with Gasteiger partial charge in [0.05, 0.1) is 13.2 Å². The Morgan fingerprint density at radius 1 is 1.26 bits per heavy atom. The van der Waals surface area contributed by atoms with E-state index in [9.17, 15) is 0 Å². The van der Waals surface area contributed by atoms with Crippen molar-refractivity contribution < 1.29 is 4.74 Å². The summed E-state index contributed by atoms with van der Waals surface area (Å²) in [6.07, 6.45) is 4.28. The number of rotatable bonds is 4. The van der Waals surface area contributed by atoms with Gasteiger partial charge >= 0.3 is 0 Å². The number of ether oxygens (including phenoxy) is 1. The van der Waals surface area contributed by atoms with Crippen LogP contribution in [0.2, 0.25) is 0 Å². The van der Waals surface area contributed by atoms with Gasteiger partial charge in [0.2, 0.25) is 0 Å². The van der Waals surface area contributed by atoms with Gasteiger partial charge in [0.25, 0.3) is 0 Å². The molecular weight excluding hydrogens is 286 g/mol. The maximum Gasteiger partial charge on any atom is 0.137 e. The van der Waals surface area contributed by atoms with Gasteiger partial charge in [-0.15, -0.1) is 0 Å². The van der Waals surface area contributed by atoms with Crippen molar-refractivity contribution in [3.05, 3.63) is 59.9 Å². The quantitative estimate of drug-likeness (QED) is 0.794. The number of pyridine rings is 1. The van der Waals surface area contributed by atoms with Crippen molar-refractivity contribution in [2.75, 3.05) is 13.7 Å². The van der Waals surface area contributed by atoms with E-state index in [-0.39, 0.29) is 0 Å². The van der Waals surface area contributed by atoms with Gasteiger partial charge in [-0.1, -0.05) is 12.1 Å². The molecule has 23 heavy (non-hydrogen) atoms. The van der Waals surface area contributed by atoms with Crippen molar-refractivity contribution >= 4 is 11.0 Å². The number of nitrogens with zero attached hydrogens (tertiary/aromatic N) is 2. The van der Waals surface area contributed by atoms with Gasteiger partial charge in [-0.25, -0.2) is 4.98 Å². The number of likely N-dealkylation sites (tertiary alicyclic amines) is 1. The summed E-state index contributed by atoms with van der Waals surface area (Å²) in [5.74, 6) is 0.911. The van der Waals surface area contributed by atoms with Gasteiger partial charge in [-0.3, -0.25) is 4.90 Å². The minimum atomic E-state index is 0.450. The normalized spacial score (nSPS) is 18.6. The Hall–Kier alpha value is -2.33. The Kier molecular flexibility index (Phi) is 3.75.